The average Bonchev–Trinajstić information content (AvgIpc) is 3.17. The van der Waals surface area contributed by atoms with Crippen LogP contribution in [0.2, 0.25) is 15.1 Å². The third-order valence-electron chi connectivity index (χ3n) is 5.34. The van der Waals surface area contributed by atoms with E-state index in [1.54, 1.807) is 30.3 Å². The number of halogens is 3. The van der Waals surface area contributed by atoms with Crippen LogP contribution in [0, 0.1) is 0 Å². The van der Waals surface area contributed by atoms with Crippen LogP contribution in [0.1, 0.15) is 19.8 Å². The first kappa shape index (κ1) is 24.0. The van der Waals surface area contributed by atoms with Crippen molar-refractivity contribution >= 4 is 62.3 Å². The molecule has 2 atom stereocenters. The molecule has 0 N–H and O–H groups in total. The summed E-state index contributed by atoms with van der Waals surface area (Å²) in [5, 5.41) is 1.90. The van der Waals surface area contributed by atoms with E-state index in [4.69, 9.17) is 34.8 Å². The summed E-state index contributed by atoms with van der Waals surface area (Å²) >= 11 is 20.5. The highest BCUT2D eigenvalue weighted by Crippen LogP contribution is 2.35. The van der Waals surface area contributed by atoms with Gasteiger partial charge < -0.3 is 4.90 Å². The monoisotopic (exact) mass is 506 g/mol. The third-order valence-corrected chi connectivity index (χ3v) is 9.14. The minimum absolute atomic E-state index is 0.165. The van der Waals surface area contributed by atoms with Crippen LogP contribution in [0.5, 0.6) is 0 Å². The Hall–Kier alpha value is -0.630. The van der Waals surface area contributed by atoms with E-state index in [1.165, 1.54) is 22.9 Å². The molecule has 0 amide bonds. The van der Waals surface area contributed by atoms with Gasteiger partial charge in [0.25, 0.3) is 10.0 Å². The van der Waals surface area contributed by atoms with Crippen LogP contribution in [0.4, 0.5) is 5.69 Å². The lowest BCUT2D eigenvalue weighted by atomic mass is 10.2. The van der Waals surface area contributed by atoms with Gasteiger partial charge in [-0.2, -0.15) is 11.8 Å². The van der Waals surface area contributed by atoms with E-state index < -0.39 is 10.0 Å². The van der Waals surface area contributed by atoms with E-state index in [9.17, 15) is 8.42 Å². The van der Waals surface area contributed by atoms with Gasteiger partial charge in [-0.05, 0) is 75.0 Å². The molecule has 2 aromatic rings. The Morgan fingerprint density at radius 2 is 1.80 bits per heavy atom. The Bertz CT molecular complexity index is 971. The van der Waals surface area contributed by atoms with Gasteiger partial charge in [0.15, 0.2) is 0 Å². The fourth-order valence-corrected chi connectivity index (χ4v) is 6.61. The van der Waals surface area contributed by atoms with Gasteiger partial charge in [0.05, 0.1) is 15.6 Å². The van der Waals surface area contributed by atoms with Crippen LogP contribution in [-0.2, 0) is 10.0 Å². The number of thioether (sulfide) groups is 1. The first-order valence-corrected chi connectivity index (χ1v) is 13.6. The van der Waals surface area contributed by atoms with Crippen LogP contribution in [-0.4, -0.2) is 50.5 Å². The number of hydrogen-bond donors (Lipinski definition) is 0. The van der Waals surface area contributed by atoms with Crippen molar-refractivity contribution in [2.24, 2.45) is 0 Å². The predicted molar refractivity (Wildman–Crippen MR) is 130 cm³/mol. The maximum atomic E-state index is 13.6. The zero-order valence-electron chi connectivity index (χ0n) is 16.9. The quantitative estimate of drug-likeness (QED) is 0.435. The molecule has 1 fully saturated rings. The van der Waals surface area contributed by atoms with Gasteiger partial charge in [0.2, 0.25) is 0 Å². The molecular formula is C21H25Cl3N2O2S2. The molecule has 0 spiro atoms. The van der Waals surface area contributed by atoms with Crippen molar-refractivity contribution in [2.75, 3.05) is 30.2 Å². The SMILES string of the molecule is CSC1CCN(CCC(C)N(c2cc(Cl)ccc2Cl)S(=O)(=O)c2ccc(Cl)cc2)C1. The molecule has 164 valence electrons. The van der Waals surface area contributed by atoms with E-state index in [1.807, 2.05) is 18.7 Å². The van der Waals surface area contributed by atoms with Crippen molar-refractivity contribution in [3.63, 3.8) is 0 Å². The Balaban J connectivity index is 1.91. The summed E-state index contributed by atoms with van der Waals surface area (Å²) in [5.74, 6) is 0. The summed E-state index contributed by atoms with van der Waals surface area (Å²) in [5.41, 5.74) is 0.384. The lowest BCUT2D eigenvalue weighted by Crippen LogP contribution is -2.41. The van der Waals surface area contributed by atoms with E-state index in [2.05, 4.69) is 11.2 Å². The summed E-state index contributed by atoms with van der Waals surface area (Å²) in [6.45, 7) is 4.81. The first-order chi connectivity index (χ1) is 14.2. The summed E-state index contributed by atoms with van der Waals surface area (Å²) in [6, 6.07) is 10.7. The molecule has 1 aliphatic rings. The summed E-state index contributed by atoms with van der Waals surface area (Å²) < 4.78 is 28.6. The molecule has 30 heavy (non-hydrogen) atoms. The van der Waals surface area contributed by atoms with Crippen LogP contribution in [0.25, 0.3) is 0 Å². The second-order valence-corrected chi connectivity index (χ2v) is 11.7. The number of anilines is 1. The Kier molecular flexibility index (Phi) is 8.27. The highest BCUT2D eigenvalue weighted by molar-refractivity contribution is 7.99. The first-order valence-electron chi connectivity index (χ1n) is 9.72. The van der Waals surface area contributed by atoms with Crippen molar-refractivity contribution in [1.29, 1.82) is 0 Å². The normalized spacial score (nSPS) is 18.5. The van der Waals surface area contributed by atoms with Crippen molar-refractivity contribution in [1.82, 2.24) is 4.90 Å². The van der Waals surface area contributed by atoms with Crippen LogP contribution in [0.3, 0.4) is 0 Å². The smallest absolute Gasteiger partial charge is 0.264 e. The van der Waals surface area contributed by atoms with Gasteiger partial charge in [-0.25, -0.2) is 8.42 Å². The number of likely N-dealkylation sites (tertiary alicyclic amines) is 1. The number of rotatable bonds is 8. The van der Waals surface area contributed by atoms with Crippen LogP contribution in [0.15, 0.2) is 47.4 Å². The second-order valence-electron chi connectivity index (χ2n) is 7.44. The standard InChI is InChI=1S/C21H25Cl3N2O2S2/c1-15(9-11-25-12-10-18(14-25)29-2)26(21-13-17(23)5-8-20(21)24)30(27,28)19-6-3-16(22)4-7-19/h3-8,13,15,18H,9-12,14H2,1-2H3. The highest BCUT2D eigenvalue weighted by Gasteiger charge is 2.32. The van der Waals surface area contributed by atoms with Crippen molar-refractivity contribution in [3.8, 4) is 0 Å². The van der Waals surface area contributed by atoms with Gasteiger partial charge in [-0.3, -0.25) is 4.31 Å². The molecule has 1 saturated heterocycles. The van der Waals surface area contributed by atoms with Gasteiger partial charge in [0.1, 0.15) is 0 Å². The average molecular weight is 508 g/mol. The zero-order chi connectivity index (χ0) is 21.9. The van der Waals surface area contributed by atoms with E-state index in [0.717, 1.165) is 19.6 Å². The number of benzene rings is 2. The van der Waals surface area contributed by atoms with Gasteiger partial charge in [-0.15, -0.1) is 0 Å². The van der Waals surface area contributed by atoms with Gasteiger partial charge >= 0.3 is 0 Å². The topological polar surface area (TPSA) is 40.6 Å². The van der Waals surface area contributed by atoms with Crippen LogP contribution < -0.4 is 4.31 Å². The fraction of sp³-hybridized carbons (Fsp3) is 0.429. The second kappa shape index (κ2) is 10.3. The van der Waals surface area contributed by atoms with Crippen molar-refractivity contribution in [3.05, 3.63) is 57.5 Å². The minimum atomic E-state index is -3.86. The summed E-state index contributed by atoms with van der Waals surface area (Å²) in [6.07, 6.45) is 3.98. The number of nitrogens with zero attached hydrogens (tertiary/aromatic N) is 2. The Morgan fingerprint density at radius 3 is 2.43 bits per heavy atom. The summed E-state index contributed by atoms with van der Waals surface area (Å²) in [7, 11) is -3.86. The minimum Gasteiger partial charge on any atom is -0.302 e. The maximum absolute atomic E-state index is 13.6. The zero-order valence-corrected chi connectivity index (χ0v) is 20.8. The van der Waals surface area contributed by atoms with Crippen molar-refractivity contribution in [2.45, 2.75) is 36.0 Å². The largest absolute Gasteiger partial charge is 0.302 e. The molecule has 2 aromatic carbocycles. The predicted octanol–water partition coefficient (Wildman–Crippen LogP) is 6.06. The van der Waals surface area contributed by atoms with Gasteiger partial charge in [0, 0.05) is 34.4 Å². The fourth-order valence-electron chi connectivity index (χ4n) is 3.66. The Morgan fingerprint density at radius 1 is 1.13 bits per heavy atom. The van der Waals surface area contributed by atoms with E-state index in [0.29, 0.717) is 32.4 Å². The molecule has 0 radical (unpaired) electrons. The molecule has 4 nitrogen and oxygen atoms in total. The molecule has 1 aliphatic heterocycles. The molecule has 3 rings (SSSR count). The highest BCUT2D eigenvalue weighted by atomic mass is 35.5. The maximum Gasteiger partial charge on any atom is 0.264 e. The number of sulfonamides is 1. The third kappa shape index (κ3) is 5.59. The number of hydrogen-bond acceptors (Lipinski definition) is 4. The molecule has 9 heteroatoms. The van der Waals surface area contributed by atoms with Crippen molar-refractivity contribution < 1.29 is 8.42 Å². The lowest BCUT2D eigenvalue weighted by molar-refractivity contribution is 0.325. The molecular weight excluding hydrogens is 483 g/mol. The van der Waals surface area contributed by atoms with E-state index >= 15 is 0 Å². The van der Waals surface area contributed by atoms with E-state index in [-0.39, 0.29) is 10.9 Å². The lowest BCUT2D eigenvalue weighted by Gasteiger charge is -2.32. The van der Waals surface area contributed by atoms with Crippen LogP contribution >= 0.6 is 46.6 Å². The molecule has 0 aromatic heterocycles. The molecule has 0 aliphatic carbocycles. The van der Waals surface area contributed by atoms with Gasteiger partial charge in [-0.1, -0.05) is 34.8 Å². The molecule has 1 heterocycles. The Labute approximate surface area is 198 Å². The summed E-state index contributed by atoms with van der Waals surface area (Å²) in [4.78, 5) is 2.56. The molecule has 2 unspecified atom stereocenters. The molecule has 0 saturated carbocycles. The molecule has 0 bridgehead atoms.